The van der Waals surface area contributed by atoms with E-state index in [4.69, 9.17) is 11.5 Å². The predicted octanol–water partition coefficient (Wildman–Crippen LogP) is 1.26. The second-order valence-corrected chi connectivity index (χ2v) is 4.12. The van der Waals surface area contributed by atoms with E-state index >= 15 is 0 Å². The zero-order valence-corrected chi connectivity index (χ0v) is 9.80. The van der Waals surface area contributed by atoms with Crippen LogP contribution in [0, 0.1) is 0 Å². The highest BCUT2D eigenvalue weighted by atomic mass is 15.0. The first-order chi connectivity index (χ1) is 8.78. The maximum Gasteiger partial charge on any atom is 0.165 e. The summed E-state index contributed by atoms with van der Waals surface area (Å²) < 4.78 is 0. The maximum atomic E-state index is 5.95. The molecule has 1 aromatic carbocycles. The van der Waals surface area contributed by atoms with E-state index in [1.807, 2.05) is 30.3 Å². The van der Waals surface area contributed by atoms with Crippen LogP contribution < -0.4 is 11.5 Å². The Hall–Kier alpha value is -2.27. The minimum absolute atomic E-state index is 0.460. The molecule has 4 N–H and O–H groups in total. The van der Waals surface area contributed by atoms with Gasteiger partial charge in [-0.05, 0) is 18.7 Å². The Morgan fingerprint density at radius 1 is 1.06 bits per heavy atom. The molecule has 0 aliphatic carbocycles. The van der Waals surface area contributed by atoms with Gasteiger partial charge in [0.1, 0.15) is 11.6 Å². The molecule has 0 saturated heterocycles. The monoisotopic (exact) mass is 239 g/mol. The molecule has 0 unspecified atom stereocenters. The minimum atomic E-state index is 0.460. The molecule has 90 valence electrons. The summed E-state index contributed by atoms with van der Waals surface area (Å²) in [6, 6.07) is 9.84. The van der Waals surface area contributed by atoms with Crippen LogP contribution in [0.25, 0.3) is 21.9 Å². The second kappa shape index (κ2) is 4.19. The summed E-state index contributed by atoms with van der Waals surface area (Å²) >= 11 is 0. The first-order valence-electron chi connectivity index (χ1n) is 5.80. The van der Waals surface area contributed by atoms with Crippen molar-refractivity contribution in [3.63, 3.8) is 0 Å². The number of fused-ring (bicyclic) bond motifs is 2. The SMILES string of the molecule is NCCc1nc(N)c2cc3ccccc3nc2n1. The molecule has 2 heterocycles. The van der Waals surface area contributed by atoms with Gasteiger partial charge in [0.25, 0.3) is 0 Å². The molecule has 0 saturated carbocycles. The van der Waals surface area contributed by atoms with Gasteiger partial charge in [-0.1, -0.05) is 18.2 Å². The highest BCUT2D eigenvalue weighted by Crippen LogP contribution is 2.21. The predicted molar refractivity (Wildman–Crippen MR) is 72.0 cm³/mol. The molecule has 0 amide bonds. The lowest BCUT2D eigenvalue weighted by atomic mass is 10.2. The molecule has 0 fully saturated rings. The summed E-state index contributed by atoms with van der Waals surface area (Å²) in [4.78, 5) is 13.1. The van der Waals surface area contributed by atoms with Crippen LogP contribution >= 0.6 is 0 Å². The van der Waals surface area contributed by atoms with Crippen molar-refractivity contribution >= 4 is 27.8 Å². The van der Waals surface area contributed by atoms with Crippen LogP contribution in [-0.2, 0) is 6.42 Å². The summed E-state index contributed by atoms with van der Waals surface area (Å²) in [5, 5.41) is 1.82. The van der Waals surface area contributed by atoms with Crippen LogP contribution in [0.4, 0.5) is 5.82 Å². The topological polar surface area (TPSA) is 90.7 Å². The summed E-state index contributed by atoms with van der Waals surface area (Å²) in [6.07, 6.45) is 0.606. The number of aromatic nitrogens is 3. The third-order valence-electron chi connectivity index (χ3n) is 2.83. The molecule has 0 aliphatic heterocycles. The molecular weight excluding hydrogens is 226 g/mol. The fourth-order valence-electron chi connectivity index (χ4n) is 1.97. The van der Waals surface area contributed by atoms with Crippen LogP contribution in [0.2, 0.25) is 0 Å². The van der Waals surface area contributed by atoms with Crippen LogP contribution in [0.3, 0.4) is 0 Å². The van der Waals surface area contributed by atoms with Crippen molar-refractivity contribution in [2.75, 3.05) is 12.3 Å². The number of anilines is 1. The molecule has 3 rings (SSSR count). The molecule has 5 nitrogen and oxygen atoms in total. The van der Waals surface area contributed by atoms with Crippen molar-refractivity contribution in [3.05, 3.63) is 36.2 Å². The highest BCUT2D eigenvalue weighted by Gasteiger charge is 2.07. The van der Waals surface area contributed by atoms with Crippen LogP contribution in [0.5, 0.6) is 0 Å². The Morgan fingerprint density at radius 3 is 2.72 bits per heavy atom. The van der Waals surface area contributed by atoms with Gasteiger partial charge in [-0.25, -0.2) is 15.0 Å². The van der Waals surface area contributed by atoms with Gasteiger partial charge >= 0.3 is 0 Å². The van der Waals surface area contributed by atoms with E-state index in [1.54, 1.807) is 0 Å². The normalized spacial score (nSPS) is 11.2. The third-order valence-corrected chi connectivity index (χ3v) is 2.83. The van der Waals surface area contributed by atoms with Gasteiger partial charge in [-0.15, -0.1) is 0 Å². The van der Waals surface area contributed by atoms with E-state index in [-0.39, 0.29) is 0 Å². The summed E-state index contributed by atoms with van der Waals surface area (Å²) in [5.74, 6) is 1.10. The first kappa shape index (κ1) is 10.9. The van der Waals surface area contributed by atoms with Crippen molar-refractivity contribution in [2.24, 2.45) is 5.73 Å². The van der Waals surface area contributed by atoms with E-state index in [2.05, 4.69) is 15.0 Å². The maximum absolute atomic E-state index is 5.95. The first-order valence-corrected chi connectivity index (χ1v) is 5.80. The molecule has 3 aromatic rings. The molecule has 2 aromatic heterocycles. The molecule has 0 radical (unpaired) electrons. The smallest absolute Gasteiger partial charge is 0.165 e. The molecule has 0 aliphatic rings. The van der Waals surface area contributed by atoms with Crippen molar-refractivity contribution in [2.45, 2.75) is 6.42 Å². The van der Waals surface area contributed by atoms with Gasteiger partial charge in [0.2, 0.25) is 0 Å². The van der Waals surface area contributed by atoms with E-state index < -0.39 is 0 Å². The molecule has 0 atom stereocenters. The average Bonchev–Trinajstić information content (AvgIpc) is 2.37. The Kier molecular flexibility index (Phi) is 2.53. The van der Waals surface area contributed by atoms with E-state index in [1.165, 1.54) is 0 Å². The van der Waals surface area contributed by atoms with Crippen LogP contribution in [-0.4, -0.2) is 21.5 Å². The number of benzene rings is 1. The second-order valence-electron chi connectivity index (χ2n) is 4.12. The number of nitrogens with two attached hydrogens (primary N) is 2. The fourth-order valence-corrected chi connectivity index (χ4v) is 1.97. The summed E-state index contributed by atoms with van der Waals surface area (Å²) in [7, 11) is 0. The fraction of sp³-hybridized carbons (Fsp3) is 0.154. The molecular formula is C13H13N5. The standard InChI is InChI=1S/C13H13N5/c14-6-5-11-17-12(15)9-7-8-3-1-2-4-10(8)16-13(9)18-11/h1-4,7H,5-6,14H2,(H2,15,16,17,18). The molecule has 0 bridgehead atoms. The lowest BCUT2D eigenvalue weighted by Crippen LogP contribution is -2.08. The van der Waals surface area contributed by atoms with E-state index in [9.17, 15) is 0 Å². The van der Waals surface area contributed by atoms with E-state index in [0.29, 0.717) is 30.3 Å². The number of pyridine rings is 1. The van der Waals surface area contributed by atoms with Crippen LogP contribution in [0.15, 0.2) is 30.3 Å². The quantitative estimate of drug-likeness (QED) is 0.657. The third kappa shape index (κ3) is 1.74. The lowest BCUT2D eigenvalue weighted by Gasteiger charge is -2.05. The van der Waals surface area contributed by atoms with Crippen molar-refractivity contribution in [1.82, 2.24) is 15.0 Å². The van der Waals surface area contributed by atoms with Crippen molar-refractivity contribution in [1.29, 1.82) is 0 Å². The van der Waals surface area contributed by atoms with Crippen molar-refractivity contribution < 1.29 is 0 Å². The highest BCUT2D eigenvalue weighted by molar-refractivity contribution is 5.95. The largest absolute Gasteiger partial charge is 0.383 e. The lowest BCUT2D eigenvalue weighted by molar-refractivity contribution is 0.879. The number of nitrogen functional groups attached to an aromatic ring is 1. The van der Waals surface area contributed by atoms with Crippen molar-refractivity contribution in [3.8, 4) is 0 Å². The Bertz CT molecular complexity index is 723. The number of rotatable bonds is 2. The van der Waals surface area contributed by atoms with Gasteiger partial charge in [0, 0.05) is 11.8 Å². The van der Waals surface area contributed by atoms with Gasteiger partial charge in [-0.2, -0.15) is 0 Å². The minimum Gasteiger partial charge on any atom is -0.383 e. The van der Waals surface area contributed by atoms with Crippen LogP contribution in [0.1, 0.15) is 5.82 Å². The van der Waals surface area contributed by atoms with Gasteiger partial charge in [-0.3, -0.25) is 0 Å². The number of para-hydroxylation sites is 1. The number of hydrogen-bond donors (Lipinski definition) is 2. The number of nitrogens with zero attached hydrogens (tertiary/aromatic N) is 3. The van der Waals surface area contributed by atoms with E-state index in [0.717, 1.165) is 16.3 Å². The molecule has 0 spiro atoms. The zero-order chi connectivity index (χ0) is 12.5. The Balaban J connectivity index is 2.32. The van der Waals surface area contributed by atoms with Gasteiger partial charge < -0.3 is 11.5 Å². The van der Waals surface area contributed by atoms with Gasteiger partial charge in [0.05, 0.1) is 10.9 Å². The molecule has 5 heteroatoms. The Morgan fingerprint density at radius 2 is 1.89 bits per heavy atom. The number of hydrogen-bond acceptors (Lipinski definition) is 5. The Labute approximate surface area is 104 Å². The average molecular weight is 239 g/mol. The van der Waals surface area contributed by atoms with Gasteiger partial charge in [0.15, 0.2) is 5.65 Å². The summed E-state index contributed by atoms with van der Waals surface area (Å²) in [6.45, 7) is 0.499. The summed E-state index contributed by atoms with van der Waals surface area (Å²) in [5.41, 5.74) is 13.0. The zero-order valence-electron chi connectivity index (χ0n) is 9.80. The molecule has 18 heavy (non-hydrogen) atoms.